The fourth-order valence-electron chi connectivity index (χ4n) is 5.79. The van der Waals surface area contributed by atoms with Crippen molar-refractivity contribution in [1.82, 2.24) is 0 Å². The number of nitrogens with two attached hydrogens (primary N) is 1. The van der Waals surface area contributed by atoms with Crippen LogP contribution in [0, 0.1) is 13.8 Å². The fourth-order valence-corrected chi connectivity index (χ4v) is 5.79. The fraction of sp³-hybridized carbons (Fsp3) is 0.258. The molecule has 0 radical (unpaired) electrons. The summed E-state index contributed by atoms with van der Waals surface area (Å²) in [4.78, 5) is 32.6. The van der Waals surface area contributed by atoms with Crippen molar-refractivity contribution in [3.63, 3.8) is 0 Å². The van der Waals surface area contributed by atoms with Crippen LogP contribution in [0.3, 0.4) is 0 Å². The van der Waals surface area contributed by atoms with Gasteiger partial charge in [-0.05, 0) is 98.7 Å². The summed E-state index contributed by atoms with van der Waals surface area (Å²) in [5.74, 6) is -0.847. The molecule has 0 saturated carbocycles. The third-order valence-corrected chi connectivity index (χ3v) is 7.32. The number of anilines is 2. The molecule has 0 spiro atoms. The van der Waals surface area contributed by atoms with Crippen molar-refractivity contribution in [1.29, 1.82) is 0 Å². The first-order valence-corrected chi connectivity index (χ1v) is 13.1. The van der Waals surface area contributed by atoms with Crippen molar-refractivity contribution >= 4 is 39.8 Å². The molecule has 4 aromatic rings. The molecule has 0 unspecified atom stereocenters. The molecule has 3 heterocycles. The summed E-state index contributed by atoms with van der Waals surface area (Å²) in [6.07, 6.45) is 4.12. The van der Waals surface area contributed by atoms with E-state index in [1.54, 1.807) is 24.3 Å². The normalized spacial score (nSPS) is 14.9. The van der Waals surface area contributed by atoms with Crippen LogP contribution in [-0.4, -0.2) is 24.9 Å². The number of primary amides is 1. The smallest absolute Gasteiger partial charge is 0.261 e. The van der Waals surface area contributed by atoms with Crippen LogP contribution in [0.25, 0.3) is 11.0 Å². The average molecular weight is 507 g/mol. The van der Waals surface area contributed by atoms with Crippen molar-refractivity contribution < 1.29 is 14.0 Å². The van der Waals surface area contributed by atoms with Gasteiger partial charge in [0, 0.05) is 41.0 Å². The van der Waals surface area contributed by atoms with Crippen LogP contribution in [0.2, 0.25) is 0 Å². The summed E-state index contributed by atoms with van der Waals surface area (Å²) < 4.78 is 6.50. The predicted octanol–water partition coefficient (Wildman–Crippen LogP) is 5.33. The summed E-state index contributed by atoms with van der Waals surface area (Å²) in [5, 5.41) is 3.93. The number of benzene rings is 3. The number of nitrogens with one attached hydrogen (secondary N) is 1. The third-order valence-electron chi connectivity index (χ3n) is 7.32. The lowest BCUT2D eigenvalue weighted by molar-refractivity contribution is 0.0997. The number of carbonyl (C=O) groups excluding carboxylic acids is 2. The van der Waals surface area contributed by atoms with E-state index in [4.69, 9.17) is 15.1 Å². The predicted molar refractivity (Wildman–Crippen MR) is 149 cm³/mol. The van der Waals surface area contributed by atoms with Gasteiger partial charge in [0.25, 0.3) is 5.91 Å². The van der Waals surface area contributed by atoms with Crippen LogP contribution in [0.5, 0.6) is 0 Å². The molecule has 38 heavy (non-hydrogen) atoms. The van der Waals surface area contributed by atoms with Crippen LogP contribution in [0.15, 0.2) is 64.0 Å². The summed E-state index contributed by atoms with van der Waals surface area (Å²) in [6.45, 7) is 6.11. The van der Waals surface area contributed by atoms with Crippen molar-refractivity contribution in [2.75, 3.05) is 23.3 Å². The molecule has 192 valence electrons. The van der Waals surface area contributed by atoms with Gasteiger partial charge in [0.2, 0.25) is 11.5 Å². The van der Waals surface area contributed by atoms with Crippen molar-refractivity contribution in [2.24, 2.45) is 10.7 Å². The lowest BCUT2D eigenvalue weighted by Crippen LogP contribution is -2.34. The molecule has 3 N–H and O–H groups in total. The van der Waals surface area contributed by atoms with Crippen molar-refractivity contribution in [3.05, 3.63) is 93.5 Å². The summed E-state index contributed by atoms with van der Waals surface area (Å²) in [6, 6.07) is 16.7. The Kier molecular flexibility index (Phi) is 5.98. The Morgan fingerprint density at radius 1 is 0.974 bits per heavy atom. The van der Waals surface area contributed by atoms with Crippen LogP contribution in [0.1, 0.15) is 55.8 Å². The molecule has 2 amide bonds. The summed E-state index contributed by atoms with van der Waals surface area (Å²) in [7, 11) is 0. The quantitative estimate of drug-likeness (QED) is 0.391. The van der Waals surface area contributed by atoms with Gasteiger partial charge in [-0.15, -0.1) is 0 Å². The van der Waals surface area contributed by atoms with Gasteiger partial charge in [0.1, 0.15) is 11.1 Å². The molecule has 0 fully saturated rings. The van der Waals surface area contributed by atoms with Gasteiger partial charge in [0.05, 0.1) is 5.69 Å². The van der Waals surface area contributed by atoms with Crippen molar-refractivity contribution in [2.45, 2.75) is 39.5 Å². The third kappa shape index (κ3) is 4.45. The first-order valence-electron chi connectivity index (χ1n) is 13.1. The molecule has 6 rings (SSSR count). The standard InChI is InChI=1S/C31H30N4O3/c1-18-12-19(2)14-24(13-18)33-30(37)26-17-22-15-20-7-4-10-35-11-5-9-25(27(20)35)28(22)38-31(26)34-23-8-3-6-21(16-23)29(32)36/h3,6,8,12-17H,4-5,7,9-11H2,1-2H3,(H2,32,36)(H,33,37). The molecule has 0 saturated heterocycles. The van der Waals surface area contributed by atoms with E-state index < -0.39 is 5.91 Å². The van der Waals surface area contributed by atoms with E-state index in [2.05, 4.69) is 22.3 Å². The SMILES string of the molecule is Cc1cc(C)cc(NC(=O)c2cc3cc4c5c(c3oc2=Nc2cccc(C(N)=O)c2)CCCN5CCC4)c1. The zero-order chi connectivity index (χ0) is 26.4. The van der Waals surface area contributed by atoms with Gasteiger partial charge in [-0.1, -0.05) is 12.1 Å². The molecule has 3 aromatic carbocycles. The van der Waals surface area contributed by atoms with Gasteiger partial charge in [-0.2, -0.15) is 0 Å². The zero-order valence-electron chi connectivity index (χ0n) is 21.6. The number of fused-ring (bicyclic) bond motifs is 2. The van der Waals surface area contributed by atoms with Gasteiger partial charge >= 0.3 is 0 Å². The van der Waals surface area contributed by atoms with E-state index in [0.717, 1.165) is 60.9 Å². The number of aryl methyl sites for hydroxylation is 4. The van der Waals surface area contributed by atoms with E-state index in [-0.39, 0.29) is 11.5 Å². The second-order valence-electron chi connectivity index (χ2n) is 10.3. The van der Waals surface area contributed by atoms with E-state index in [1.165, 1.54) is 16.8 Å². The Hall–Kier alpha value is -4.39. The Morgan fingerprint density at radius 2 is 1.74 bits per heavy atom. The van der Waals surface area contributed by atoms with Gasteiger partial charge in [-0.25, -0.2) is 4.99 Å². The van der Waals surface area contributed by atoms with E-state index >= 15 is 0 Å². The molecule has 7 nitrogen and oxygen atoms in total. The number of nitrogens with zero attached hydrogens (tertiary/aromatic N) is 2. The minimum atomic E-state index is -0.540. The molecule has 0 aliphatic carbocycles. The molecule has 0 atom stereocenters. The molecular weight excluding hydrogens is 476 g/mol. The molecule has 1 aromatic heterocycles. The summed E-state index contributed by atoms with van der Waals surface area (Å²) >= 11 is 0. The Labute approximate surface area is 221 Å². The first-order chi connectivity index (χ1) is 18.4. The molecular formula is C31H30N4O3. The number of hydrogen-bond donors (Lipinski definition) is 2. The molecule has 2 aliphatic rings. The first kappa shape index (κ1) is 24.0. The van der Waals surface area contributed by atoms with Crippen LogP contribution >= 0.6 is 0 Å². The van der Waals surface area contributed by atoms with Gasteiger partial charge < -0.3 is 20.4 Å². The topological polar surface area (TPSA) is 101 Å². The maximum Gasteiger partial charge on any atom is 0.261 e. The number of amides is 2. The van der Waals surface area contributed by atoms with Crippen LogP contribution < -0.4 is 21.5 Å². The zero-order valence-corrected chi connectivity index (χ0v) is 21.6. The van der Waals surface area contributed by atoms with Crippen LogP contribution in [0.4, 0.5) is 17.1 Å². The van der Waals surface area contributed by atoms with E-state index in [9.17, 15) is 9.59 Å². The second-order valence-corrected chi connectivity index (χ2v) is 10.3. The summed E-state index contributed by atoms with van der Waals surface area (Å²) in [5.41, 5.74) is 14.2. The Balaban J connectivity index is 1.56. The van der Waals surface area contributed by atoms with Gasteiger partial charge in [-0.3, -0.25) is 9.59 Å². The van der Waals surface area contributed by atoms with E-state index in [1.807, 2.05) is 32.0 Å². The number of rotatable bonds is 4. The minimum Gasteiger partial charge on any atom is -0.437 e. The maximum atomic E-state index is 13.7. The average Bonchev–Trinajstić information content (AvgIpc) is 2.88. The maximum absolute atomic E-state index is 13.7. The Morgan fingerprint density at radius 3 is 2.50 bits per heavy atom. The highest BCUT2D eigenvalue weighted by Gasteiger charge is 2.27. The minimum absolute atomic E-state index is 0.199. The van der Waals surface area contributed by atoms with Gasteiger partial charge in [0.15, 0.2) is 0 Å². The lowest BCUT2D eigenvalue weighted by Gasteiger charge is -2.37. The van der Waals surface area contributed by atoms with Crippen molar-refractivity contribution in [3.8, 4) is 0 Å². The molecule has 7 heteroatoms. The number of carbonyl (C=O) groups is 2. The highest BCUT2D eigenvalue weighted by atomic mass is 16.3. The van der Waals surface area contributed by atoms with E-state index in [0.29, 0.717) is 22.5 Å². The highest BCUT2D eigenvalue weighted by Crippen LogP contribution is 2.39. The monoisotopic (exact) mass is 506 g/mol. The van der Waals surface area contributed by atoms with Crippen LogP contribution in [-0.2, 0) is 12.8 Å². The largest absolute Gasteiger partial charge is 0.437 e. The number of hydrogen-bond acceptors (Lipinski definition) is 5. The molecule has 2 aliphatic heterocycles. The Bertz CT molecular complexity index is 1660. The highest BCUT2D eigenvalue weighted by molar-refractivity contribution is 6.06. The molecule has 0 bridgehead atoms. The lowest BCUT2D eigenvalue weighted by atomic mass is 9.90. The second kappa shape index (κ2) is 9.49.